The van der Waals surface area contributed by atoms with Crippen LogP contribution in [0.1, 0.15) is 16.5 Å². The van der Waals surface area contributed by atoms with Crippen LogP contribution in [0, 0.1) is 10.7 Å². The molecule has 8 heteroatoms. The minimum atomic E-state index is -2.60. The number of aromatic nitrogens is 3. The topological polar surface area (TPSA) is 38.5 Å². The van der Waals surface area contributed by atoms with Gasteiger partial charge in [-0.1, -0.05) is 54.6 Å². The minimum absolute atomic E-state index is 0.0378. The molecule has 0 saturated carbocycles. The third-order valence-corrected chi connectivity index (χ3v) is 12.7. The van der Waals surface area contributed by atoms with Crippen LogP contribution in [0.15, 0.2) is 212 Å². The van der Waals surface area contributed by atoms with E-state index in [0.717, 1.165) is 33.8 Å². The first kappa shape index (κ1) is 29.7. The van der Waals surface area contributed by atoms with E-state index >= 15 is 0 Å². The first-order valence-corrected chi connectivity index (χ1v) is 21.6. The summed E-state index contributed by atoms with van der Waals surface area (Å²) in [7, 11) is 0. The van der Waals surface area contributed by atoms with Gasteiger partial charge in [0.2, 0.25) is 0 Å². The molecule has 0 radical (unpaired) electrons. The van der Waals surface area contributed by atoms with Gasteiger partial charge < -0.3 is 0 Å². The zero-order valence-corrected chi connectivity index (χ0v) is 35.6. The number of imidazole rings is 1. The number of benzene rings is 8. The number of hydrogen-bond acceptors (Lipinski definition) is 4. The van der Waals surface area contributed by atoms with Crippen LogP contribution in [0.3, 0.4) is 0 Å². The summed E-state index contributed by atoms with van der Waals surface area (Å²) in [6, 6.07) is 56.6. The average Bonchev–Trinajstić information content (AvgIpc) is 3.89. The average molecular weight is 999 g/mol. The van der Waals surface area contributed by atoms with Crippen LogP contribution in [-0.4, -0.2) is 21.1 Å². The number of ether oxygens (including phenoxy) is 1. The zero-order valence-electron chi connectivity index (χ0n) is 41.4. The van der Waals surface area contributed by atoms with E-state index < -0.39 is 37.1 Å². The van der Waals surface area contributed by atoms with Crippen molar-refractivity contribution in [3.05, 3.63) is 222 Å². The van der Waals surface area contributed by atoms with Crippen molar-refractivity contribution >= 4 is 46.4 Å². The first-order chi connectivity index (χ1) is 34.4. The fraction of sp³-hybridized carbons (Fsp3) is 0.0182. The quantitative estimate of drug-likeness (QED) is 0.149. The maximum atomic E-state index is 9.14. The molecule has 0 unspecified atom stereocenters. The molecule has 10 aromatic rings. The molecule has 8 aromatic carbocycles. The Morgan fingerprint density at radius 3 is 2.00 bits per heavy atom. The SMILES string of the molecule is [2H]c1c([2H])c([2H])c(-c2cc(C([2H])([2H])[2H])cc(-c3ccccc3)c2-n2[c](=[Pt])n(-c3cccc(Oc4cccc(N5B6c7ccccc7-c7ccccc7N6c6ccccc65)n4)c3)c3ccccc32)c([2H])c1[2H]. The second-order valence-corrected chi connectivity index (χ2v) is 16.3. The van der Waals surface area contributed by atoms with Gasteiger partial charge in [0.1, 0.15) is 0 Å². The molecule has 0 atom stereocenters. The number of hydrogen-bond donors (Lipinski definition) is 0. The van der Waals surface area contributed by atoms with Gasteiger partial charge in [-0.05, 0) is 17.7 Å². The fourth-order valence-electron chi connectivity index (χ4n) is 9.18. The molecule has 0 N–H and O–H groups in total. The molecule has 12 rings (SSSR count). The van der Waals surface area contributed by atoms with Crippen LogP contribution < -0.4 is 19.8 Å². The van der Waals surface area contributed by atoms with E-state index in [1.165, 1.54) is 22.7 Å². The number of para-hydroxylation sites is 5. The van der Waals surface area contributed by atoms with Gasteiger partial charge >= 0.3 is 306 Å². The van der Waals surface area contributed by atoms with Crippen LogP contribution in [0.4, 0.5) is 22.9 Å². The number of aryl methyl sites for hydroxylation is 1. The summed E-state index contributed by atoms with van der Waals surface area (Å²) in [5.41, 5.74) is 10.6. The molecule has 0 bridgehead atoms. The van der Waals surface area contributed by atoms with Crippen LogP contribution in [-0.2, 0) is 19.4 Å². The molecule has 6 nitrogen and oxygen atoms in total. The zero-order chi connectivity index (χ0) is 48.9. The van der Waals surface area contributed by atoms with E-state index in [9.17, 15) is 0 Å². The summed E-state index contributed by atoms with van der Waals surface area (Å²) in [4.78, 5) is 9.83. The molecular formula is C55H38BN5OPt. The summed E-state index contributed by atoms with van der Waals surface area (Å²) >= 11 is 2.24. The van der Waals surface area contributed by atoms with Crippen molar-refractivity contribution in [1.29, 1.82) is 0 Å². The van der Waals surface area contributed by atoms with Crippen molar-refractivity contribution in [2.75, 3.05) is 9.62 Å². The number of nitrogens with zero attached hydrogens (tertiary/aromatic N) is 5. The Balaban J connectivity index is 0.996. The third-order valence-electron chi connectivity index (χ3n) is 11.7. The van der Waals surface area contributed by atoms with Gasteiger partial charge in [-0.2, -0.15) is 0 Å². The summed E-state index contributed by atoms with van der Waals surface area (Å²) in [5, 5.41) is 0. The Bertz CT molecular complexity index is 3850. The molecule has 302 valence electrons. The standard InChI is InChI=1S/C55H38BN5O.Pt/c1-38-34-45(39-18-4-2-5-19-39)55(46(35-38)40-20-6-3-7-21-40)59-37-58(49-28-12-13-29-50(49)59)41-22-16-23-42(36-41)62-54-33-17-32-53(57-54)61-52-31-15-14-30-51(52)60-48-27-11-9-25-44(48)43-24-8-10-26-47(43)56(60)61;/h2-36H,1H3;/i1D3,2D,4D,5D,18D,19D;. The summed E-state index contributed by atoms with van der Waals surface area (Å²) < 4.78 is 81.0. The molecule has 63 heavy (non-hydrogen) atoms. The van der Waals surface area contributed by atoms with Crippen LogP contribution in [0.5, 0.6) is 11.6 Å². The van der Waals surface area contributed by atoms with Gasteiger partial charge in [0.25, 0.3) is 0 Å². The van der Waals surface area contributed by atoms with Gasteiger partial charge in [0, 0.05) is 11.3 Å². The normalized spacial score (nSPS) is 14.5. The molecule has 0 amide bonds. The molecule has 2 aromatic heterocycles. The molecule has 0 fully saturated rings. The summed E-state index contributed by atoms with van der Waals surface area (Å²) in [6.45, 7) is -2.80. The number of rotatable bonds is 7. The summed E-state index contributed by atoms with van der Waals surface area (Å²) in [6.07, 6.45) is 0. The van der Waals surface area contributed by atoms with Crippen molar-refractivity contribution in [2.45, 2.75) is 6.85 Å². The maximum absolute atomic E-state index is 9.14. The number of pyridine rings is 1. The Labute approximate surface area is 388 Å². The molecule has 2 aliphatic heterocycles. The fourth-order valence-corrected chi connectivity index (χ4v) is 10.3. The molecule has 0 saturated heterocycles. The van der Waals surface area contributed by atoms with Gasteiger partial charge in [-0.15, -0.1) is 0 Å². The second-order valence-electron chi connectivity index (χ2n) is 15.3. The number of anilines is 4. The predicted molar refractivity (Wildman–Crippen MR) is 254 cm³/mol. The monoisotopic (exact) mass is 998 g/mol. The van der Waals surface area contributed by atoms with E-state index in [1.807, 2.05) is 102 Å². The van der Waals surface area contributed by atoms with Gasteiger partial charge in [0.05, 0.1) is 0 Å². The van der Waals surface area contributed by atoms with E-state index in [4.69, 9.17) is 20.7 Å². The predicted octanol–water partition coefficient (Wildman–Crippen LogP) is 13.0. The van der Waals surface area contributed by atoms with Gasteiger partial charge in [-0.25, -0.2) is 0 Å². The van der Waals surface area contributed by atoms with E-state index in [2.05, 4.69) is 106 Å². The Kier molecular flexibility index (Phi) is 7.15. The Morgan fingerprint density at radius 1 is 0.556 bits per heavy atom. The molecule has 0 spiro atoms. The van der Waals surface area contributed by atoms with E-state index in [1.54, 1.807) is 6.07 Å². The van der Waals surface area contributed by atoms with Crippen LogP contribution >= 0.6 is 0 Å². The van der Waals surface area contributed by atoms with Crippen molar-refractivity contribution in [1.82, 2.24) is 14.1 Å². The molecule has 2 aliphatic rings. The van der Waals surface area contributed by atoms with Crippen LogP contribution in [0.25, 0.3) is 55.8 Å². The van der Waals surface area contributed by atoms with E-state index in [-0.39, 0.29) is 23.7 Å². The van der Waals surface area contributed by atoms with E-state index in [0.29, 0.717) is 38.1 Å². The molecular weight excluding hydrogens is 953 g/mol. The third kappa shape index (κ3) is 6.14. The Hall–Kier alpha value is -7.47. The van der Waals surface area contributed by atoms with Crippen molar-refractivity contribution in [3.8, 4) is 56.4 Å². The first-order valence-electron chi connectivity index (χ1n) is 24.5. The van der Waals surface area contributed by atoms with Gasteiger partial charge in [0.15, 0.2) is 0 Å². The van der Waals surface area contributed by atoms with Crippen molar-refractivity contribution < 1.29 is 35.1 Å². The second kappa shape index (κ2) is 15.2. The molecule has 0 aliphatic carbocycles. The van der Waals surface area contributed by atoms with Crippen molar-refractivity contribution in [2.24, 2.45) is 0 Å². The number of fused-ring (bicyclic) bond motifs is 9. The van der Waals surface area contributed by atoms with Gasteiger partial charge in [-0.3, -0.25) is 0 Å². The Morgan fingerprint density at radius 2 is 1.21 bits per heavy atom. The summed E-state index contributed by atoms with van der Waals surface area (Å²) in [5.74, 6) is 1.64. The van der Waals surface area contributed by atoms with Crippen molar-refractivity contribution in [3.63, 3.8) is 0 Å². The van der Waals surface area contributed by atoms with Crippen LogP contribution in [0.2, 0.25) is 0 Å². The molecule has 4 heterocycles.